The van der Waals surface area contributed by atoms with E-state index >= 15 is 0 Å². The highest BCUT2D eigenvalue weighted by Gasteiger charge is 2.36. The maximum absolute atomic E-state index is 11.6. The Bertz CT molecular complexity index is 269. The van der Waals surface area contributed by atoms with Gasteiger partial charge in [-0.1, -0.05) is 5.92 Å². The number of carbonyl (C=O) groups excluding carboxylic acids is 1. The molecule has 3 nitrogen and oxygen atoms in total. The number of terminal acetylenes is 1. The summed E-state index contributed by atoms with van der Waals surface area (Å²) in [4.78, 5) is 13.5. The van der Waals surface area contributed by atoms with Crippen molar-refractivity contribution < 1.29 is 4.79 Å². The van der Waals surface area contributed by atoms with Crippen LogP contribution in [0, 0.1) is 18.3 Å². The van der Waals surface area contributed by atoms with Crippen LogP contribution in [0.4, 0.5) is 0 Å². The highest BCUT2D eigenvalue weighted by atomic mass is 16.2. The molecule has 2 saturated heterocycles. The highest BCUT2D eigenvalue weighted by molar-refractivity contribution is 5.77. The number of carbonyl (C=O) groups is 1. The van der Waals surface area contributed by atoms with Gasteiger partial charge in [-0.15, -0.1) is 6.42 Å². The average Bonchev–Trinajstić information content (AvgIpc) is 2.23. The molecule has 2 aliphatic heterocycles. The van der Waals surface area contributed by atoms with Crippen LogP contribution in [-0.2, 0) is 4.79 Å². The first-order valence-electron chi connectivity index (χ1n) is 5.26. The van der Waals surface area contributed by atoms with E-state index in [-0.39, 0.29) is 5.91 Å². The van der Waals surface area contributed by atoms with Crippen LogP contribution < -0.4 is 5.32 Å². The zero-order valence-corrected chi connectivity index (χ0v) is 8.33. The van der Waals surface area contributed by atoms with Crippen molar-refractivity contribution in [3.8, 4) is 12.3 Å². The lowest BCUT2D eigenvalue weighted by Crippen LogP contribution is -2.55. The number of nitrogens with zero attached hydrogens (tertiary/aromatic N) is 1. The molecule has 0 aromatic carbocycles. The van der Waals surface area contributed by atoms with Gasteiger partial charge in [0.15, 0.2) is 0 Å². The molecule has 76 valence electrons. The smallest absolute Gasteiger partial charge is 0.223 e. The summed E-state index contributed by atoms with van der Waals surface area (Å²) in [7, 11) is 0. The van der Waals surface area contributed by atoms with E-state index in [9.17, 15) is 4.79 Å². The number of fused-ring (bicyclic) bond motifs is 1. The molecule has 2 fully saturated rings. The van der Waals surface area contributed by atoms with E-state index in [1.165, 1.54) is 0 Å². The van der Waals surface area contributed by atoms with Crippen LogP contribution >= 0.6 is 0 Å². The van der Waals surface area contributed by atoms with E-state index in [1.54, 1.807) is 0 Å². The summed E-state index contributed by atoms with van der Waals surface area (Å²) < 4.78 is 0. The van der Waals surface area contributed by atoms with E-state index in [4.69, 9.17) is 6.42 Å². The largest absolute Gasteiger partial charge is 0.328 e. The van der Waals surface area contributed by atoms with E-state index in [0.717, 1.165) is 25.9 Å². The molecule has 0 aromatic rings. The Morgan fingerprint density at radius 3 is 3.21 bits per heavy atom. The van der Waals surface area contributed by atoms with Crippen molar-refractivity contribution in [2.45, 2.75) is 25.3 Å². The molecule has 0 saturated carbocycles. The normalized spacial score (nSPS) is 32.2. The van der Waals surface area contributed by atoms with Gasteiger partial charge in [0.1, 0.15) is 0 Å². The SMILES string of the molecule is C#CCN1C(=O)CCC2CNCCC21. The van der Waals surface area contributed by atoms with Crippen LogP contribution in [0.5, 0.6) is 0 Å². The van der Waals surface area contributed by atoms with Crippen molar-refractivity contribution in [3.63, 3.8) is 0 Å². The number of rotatable bonds is 1. The van der Waals surface area contributed by atoms with Crippen LogP contribution in [-0.4, -0.2) is 36.5 Å². The Morgan fingerprint density at radius 2 is 2.43 bits per heavy atom. The molecule has 2 heterocycles. The zero-order valence-electron chi connectivity index (χ0n) is 8.33. The second kappa shape index (κ2) is 4.02. The summed E-state index contributed by atoms with van der Waals surface area (Å²) >= 11 is 0. The second-order valence-corrected chi connectivity index (χ2v) is 4.08. The molecule has 2 rings (SSSR count). The number of hydrogen-bond acceptors (Lipinski definition) is 2. The van der Waals surface area contributed by atoms with Crippen molar-refractivity contribution in [1.29, 1.82) is 0 Å². The van der Waals surface area contributed by atoms with E-state index in [0.29, 0.717) is 24.9 Å². The summed E-state index contributed by atoms with van der Waals surface area (Å²) in [5.41, 5.74) is 0. The van der Waals surface area contributed by atoms with Crippen LogP contribution in [0.2, 0.25) is 0 Å². The highest BCUT2D eigenvalue weighted by Crippen LogP contribution is 2.27. The molecule has 2 aliphatic rings. The van der Waals surface area contributed by atoms with Gasteiger partial charge in [-0.05, 0) is 31.8 Å². The van der Waals surface area contributed by atoms with Crippen LogP contribution in [0.1, 0.15) is 19.3 Å². The summed E-state index contributed by atoms with van der Waals surface area (Å²) in [5, 5.41) is 3.37. The Kier molecular flexibility index (Phi) is 2.74. The fourth-order valence-corrected chi connectivity index (χ4v) is 2.56. The third kappa shape index (κ3) is 1.62. The minimum absolute atomic E-state index is 0.242. The Hall–Kier alpha value is -1.01. The van der Waals surface area contributed by atoms with E-state index in [1.807, 2.05) is 4.90 Å². The molecule has 2 unspecified atom stereocenters. The third-order valence-electron chi connectivity index (χ3n) is 3.28. The van der Waals surface area contributed by atoms with Gasteiger partial charge in [0.2, 0.25) is 5.91 Å². The molecule has 3 heteroatoms. The van der Waals surface area contributed by atoms with E-state index in [2.05, 4.69) is 11.2 Å². The predicted octanol–water partition coefficient (Wildman–Crippen LogP) is 0.220. The first kappa shape index (κ1) is 9.54. The van der Waals surface area contributed by atoms with Crippen LogP contribution in [0.25, 0.3) is 0 Å². The molecular formula is C11H16N2O. The van der Waals surface area contributed by atoms with Crippen molar-refractivity contribution in [2.24, 2.45) is 5.92 Å². The number of amides is 1. The fraction of sp³-hybridized carbons (Fsp3) is 0.727. The molecule has 1 N–H and O–H groups in total. The first-order chi connectivity index (χ1) is 6.83. The molecule has 0 spiro atoms. The maximum atomic E-state index is 11.6. The van der Waals surface area contributed by atoms with Gasteiger partial charge in [0, 0.05) is 12.5 Å². The van der Waals surface area contributed by atoms with Gasteiger partial charge in [-0.3, -0.25) is 4.79 Å². The van der Waals surface area contributed by atoms with Gasteiger partial charge in [0.25, 0.3) is 0 Å². The quantitative estimate of drug-likeness (QED) is 0.603. The van der Waals surface area contributed by atoms with Crippen molar-refractivity contribution >= 4 is 5.91 Å². The Balaban J connectivity index is 2.10. The topological polar surface area (TPSA) is 32.3 Å². The molecule has 2 atom stereocenters. The van der Waals surface area contributed by atoms with Gasteiger partial charge in [0.05, 0.1) is 6.54 Å². The minimum atomic E-state index is 0.242. The molecule has 0 aromatic heterocycles. The summed E-state index contributed by atoms with van der Waals surface area (Å²) in [6.45, 7) is 2.54. The first-order valence-corrected chi connectivity index (χ1v) is 5.26. The van der Waals surface area contributed by atoms with Gasteiger partial charge < -0.3 is 10.2 Å². The van der Waals surface area contributed by atoms with Gasteiger partial charge in [-0.2, -0.15) is 0 Å². The molecule has 0 bridgehead atoms. The lowest BCUT2D eigenvalue weighted by Gasteiger charge is -2.43. The summed E-state index contributed by atoms with van der Waals surface area (Å²) in [6, 6.07) is 0.397. The monoisotopic (exact) mass is 192 g/mol. The summed E-state index contributed by atoms with van der Waals surface area (Å²) in [5.74, 6) is 3.45. The zero-order chi connectivity index (χ0) is 9.97. The standard InChI is InChI=1S/C11H16N2O/c1-2-7-13-10-5-6-12-8-9(10)3-4-11(13)14/h1,9-10,12H,3-8H2. The fourth-order valence-electron chi connectivity index (χ4n) is 2.56. The number of piperidine rings is 2. The maximum Gasteiger partial charge on any atom is 0.223 e. The molecule has 14 heavy (non-hydrogen) atoms. The van der Waals surface area contributed by atoms with Crippen molar-refractivity contribution in [1.82, 2.24) is 10.2 Å². The van der Waals surface area contributed by atoms with Crippen LogP contribution in [0.3, 0.4) is 0 Å². The Morgan fingerprint density at radius 1 is 1.57 bits per heavy atom. The molecule has 0 aliphatic carbocycles. The lowest BCUT2D eigenvalue weighted by molar-refractivity contribution is -0.138. The predicted molar refractivity (Wildman–Crippen MR) is 54.5 cm³/mol. The summed E-state index contributed by atoms with van der Waals surface area (Å²) in [6.07, 6.45) is 8.03. The third-order valence-corrected chi connectivity index (χ3v) is 3.28. The number of nitrogens with one attached hydrogen (secondary N) is 1. The molecular weight excluding hydrogens is 176 g/mol. The molecule has 0 radical (unpaired) electrons. The number of likely N-dealkylation sites (tertiary alicyclic amines) is 1. The second-order valence-electron chi connectivity index (χ2n) is 4.08. The Labute approximate surface area is 84.8 Å². The van der Waals surface area contributed by atoms with Gasteiger partial charge in [-0.25, -0.2) is 0 Å². The number of hydrogen-bond donors (Lipinski definition) is 1. The average molecular weight is 192 g/mol. The van der Waals surface area contributed by atoms with Crippen molar-refractivity contribution in [2.75, 3.05) is 19.6 Å². The van der Waals surface area contributed by atoms with Gasteiger partial charge >= 0.3 is 0 Å². The van der Waals surface area contributed by atoms with E-state index < -0.39 is 0 Å². The lowest BCUT2D eigenvalue weighted by atomic mass is 9.84. The van der Waals surface area contributed by atoms with Crippen molar-refractivity contribution in [3.05, 3.63) is 0 Å². The van der Waals surface area contributed by atoms with Crippen LogP contribution in [0.15, 0.2) is 0 Å². The minimum Gasteiger partial charge on any atom is -0.328 e. The molecule has 1 amide bonds.